The molecule has 0 bridgehead atoms. The molecule has 0 radical (unpaired) electrons. The molecule has 0 aromatic carbocycles. The Balaban J connectivity index is 3.63. The van der Waals surface area contributed by atoms with E-state index in [0.29, 0.717) is 0 Å². The number of aliphatic hydroxyl groups is 1. The Hall–Kier alpha value is -0.300. The molecule has 0 unspecified atom stereocenters. The zero-order valence-electron chi connectivity index (χ0n) is 7.22. The lowest BCUT2D eigenvalue weighted by molar-refractivity contribution is 0.0990. The van der Waals surface area contributed by atoms with Gasteiger partial charge < -0.3 is 5.11 Å². The summed E-state index contributed by atoms with van der Waals surface area (Å²) in [5.74, 6) is 0. The second-order valence-corrected chi connectivity index (χ2v) is 2.96. The maximum Gasteiger partial charge on any atom is 0.0799 e. The second-order valence-electron chi connectivity index (χ2n) is 2.96. The molecule has 0 saturated carbocycles. The number of unbranched alkanes of at least 4 members (excludes halogenated alkanes) is 1. The van der Waals surface area contributed by atoms with E-state index in [1.165, 1.54) is 0 Å². The van der Waals surface area contributed by atoms with Gasteiger partial charge in [-0.3, -0.25) is 0 Å². The third-order valence-electron chi connectivity index (χ3n) is 1.56. The summed E-state index contributed by atoms with van der Waals surface area (Å²) in [5.41, 5.74) is -0.579. The van der Waals surface area contributed by atoms with Gasteiger partial charge in [0.15, 0.2) is 0 Å². The standard InChI is InChI=1S/C9H18O/c1-4-6-8-9(3,10)7-5-2/h5,7,10H,4,6,8H2,1-3H3/b7-5+/t9-/m0/s1. The van der Waals surface area contributed by atoms with Gasteiger partial charge in [0, 0.05) is 0 Å². The first-order valence-corrected chi connectivity index (χ1v) is 3.98. The first-order valence-electron chi connectivity index (χ1n) is 3.98. The predicted octanol–water partition coefficient (Wildman–Crippen LogP) is 2.50. The van der Waals surface area contributed by atoms with E-state index in [-0.39, 0.29) is 0 Å². The summed E-state index contributed by atoms with van der Waals surface area (Å²) >= 11 is 0. The molecular formula is C9H18O. The largest absolute Gasteiger partial charge is 0.386 e. The van der Waals surface area contributed by atoms with Crippen LogP contribution in [0, 0.1) is 0 Å². The predicted molar refractivity (Wildman–Crippen MR) is 45.0 cm³/mol. The van der Waals surface area contributed by atoms with Gasteiger partial charge in [0.05, 0.1) is 5.60 Å². The van der Waals surface area contributed by atoms with Crippen molar-refractivity contribution in [1.82, 2.24) is 0 Å². The molecule has 1 atom stereocenters. The lowest BCUT2D eigenvalue weighted by atomic mass is 9.99. The van der Waals surface area contributed by atoms with Crippen LogP contribution < -0.4 is 0 Å². The van der Waals surface area contributed by atoms with Crippen LogP contribution in [-0.2, 0) is 0 Å². The summed E-state index contributed by atoms with van der Waals surface area (Å²) in [6.45, 7) is 5.91. The number of allylic oxidation sites excluding steroid dienone is 1. The molecule has 10 heavy (non-hydrogen) atoms. The topological polar surface area (TPSA) is 20.2 Å². The molecule has 0 heterocycles. The van der Waals surface area contributed by atoms with Gasteiger partial charge in [0.1, 0.15) is 0 Å². The summed E-state index contributed by atoms with van der Waals surface area (Å²) in [7, 11) is 0. The van der Waals surface area contributed by atoms with Crippen molar-refractivity contribution in [1.29, 1.82) is 0 Å². The summed E-state index contributed by atoms with van der Waals surface area (Å²) in [6.07, 6.45) is 6.86. The van der Waals surface area contributed by atoms with Gasteiger partial charge in [0.2, 0.25) is 0 Å². The molecule has 0 saturated heterocycles. The van der Waals surface area contributed by atoms with E-state index in [1.807, 2.05) is 26.0 Å². The van der Waals surface area contributed by atoms with E-state index in [2.05, 4.69) is 6.92 Å². The van der Waals surface area contributed by atoms with Crippen LogP contribution in [0.15, 0.2) is 12.2 Å². The van der Waals surface area contributed by atoms with Crippen molar-refractivity contribution in [2.75, 3.05) is 0 Å². The summed E-state index contributed by atoms with van der Waals surface area (Å²) in [5, 5.41) is 9.56. The molecule has 0 rings (SSSR count). The minimum atomic E-state index is -0.579. The van der Waals surface area contributed by atoms with E-state index >= 15 is 0 Å². The molecule has 1 N–H and O–H groups in total. The van der Waals surface area contributed by atoms with Gasteiger partial charge in [-0.25, -0.2) is 0 Å². The van der Waals surface area contributed by atoms with Crippen LogP contribution in [0.3, 0.4) is 0 Å². The Kier molecular flexibility index (Phi) is 4.37. The molecule has 0 spiro atoms. The Morgan fingerprint density at radius 3 is 2.50 bits per heavy atom. The van der Waals surface area contributed by atoms with Crippen molar-refractivity contribution >= 4 is 0 Å². The lowest BCUT2D eigenvalue weighted by Crippen LogP contribution is -2.19. The summed E-state index contributed by atoms with van der Waals surface area (Å²) in [6, 6.07) is 0. The minimum absolute atomic E-state index is 0.579. The van der Waals surface area contributed by atoms with Gasteiger partial charge in [0.25, 0.3) is 0 Å². The molecule has 0 fully saturated rings. The van der Waals surface area contributed by atoms with Crippen molar-refractivity contribution in [2.45, 2.75) is 45.6 Å². The van der Waals surface area contributed by atoms with Crippen LogP contribution in [-0.4, -0.2) is 10.7 Å². The molecule has 1 nitrogen and oxygen atoms in total. The molecule has 0 aliphatic heterocycles. The van der Waals surface area contributed by atoms with Crippen LogP contribution in [0.2, 0.25) is 0 Å². The molecular weight excluding hydrogens is 124 g/mol. The summed E-state index contributed by atoms with van der Waals surface area (Å²) in [4.78, 5) is 0. The highest BCUT2D eigenvalue weighted by atomic mass is 16.3. The van der Waals surface area contributed by atoms with E-state index in [9.17, 15) is 5.11 Å². The van der Waals surface area contributed by atoms with Crippen LogP contribution in [0.5, 0.6) is 0 Å². The molecule has 0 aliphatic carbocycles. The molecule has 0 aromatic heterocycles. The third-order valence-corrected chi connectivity index (χ3v) is 1.56. The quantitative estimate of drug-likeness (QED) is 0.598. The van der Waals surface area contributed by atoms with E-state index in [4.69, 9.17) is 0 Å². The fourth-order valence-electron chi connectivity index (χ4n) is 0.977. The van der Waals surface area contributed by atoms with E-state index in [1.54, 1.807) is 0 Å². The molecule has 1 heteroatoms. The van der Waals surface area contributed by atoms with Gasteiger partial charge in [-0.2, -0.15) is 0 Å². The molecule has 0 aromatic rings. The zero-order valence-corrected chi connectivity index (χ0v) is 7.22. The monoisotopic (exact) mass is 142 g/mol. The lowest BCUT2D eigenvalue weighted by Gasteiger charge is -2.17. The first-order chi connectivity index (χ1) is 4.62. The Labute approximate surface area is 63.8 Å². The van der Waals surface area contributed by atoms with Crippen LogP contribution in [0.1, 0.15) is 40.0 Å². The van der Waals surface area contributed by atoms with Gasteiger partial charge in [-0.05, 0) is 20.3 Å². The van der Waals surface area contributed by atoms with Crippen molar-refractivity contribution in [3.8, 4) is 0 Å². The van der Waals surface area contributed by atoms with E-state index < -0.39 is 5.60 Å². The number of hydrogen-bond acceptors (Lipinski definition) is 1. The van der Waals surface area contributed by atoms with Gasteiger partial charge >= 0.3 is 0 Å². The van der Waals surface area contributed by atoms with Crippen molar-refractivity contribution in [2.24, 2.45) is 0 Å². The Morgan fingerprint density at radius 2 is 2.10 bits per heavy atom. The van der Waals surface area contributed by atoms with Crippen LogP contribution >= 0.6 is 0 Å². The normalized spacial score (nSPS) is 17.6. The van der Waals surface area contributed by atoms with Gasteiger partial charge in [-0.15, -0.1) is 0 Å². The molecule has 0 amide bonds. The summed E-state index contributed by atoms with van der Waals surface area (Å²) < 4.78 is 0. The average Bonchev–Trinajstić information content (AvgIpc) is 1.84. The van der Waals surface area contributed by atoms with Crippen molar-refractivity contribution in [3.63, 3.8) is 0 Å². The van der Waals surface area contributed by atoms with E-state index in [0.717, 1.165) is 19.3 Å². The Morgan fingerprint density at radius 1 is 1.50 bits per heavy atom. The number of rotatable bonds is 4. The maximum absolute atomic E-state index is 9.56. The second kappa shape index (κ2) is 4.51. The van der Waals surface area contributed by atoms with Crippen molar-refractivity contribution < 1.29 is 5.11 Å². The zero-order chi connectivity index (χ0) is 8.04. The van der Waals surface area contributed by atoms with Crippen molar-refractivity contribution in [3.05, 3.63) is 12.2 Å². The minimum Gasteiger partial charge on any atom is -0.386 e. The van der Waals surface area contributed by atoms with Gasteiger partial charge in [-0.1, -0.05) is 31.9 Å². The highest BCUT2D eigenvalue weighted by Crippen LogP contribution is 2.14. The smallest absolute Gasteiger partial charge is 0.0799 e. The number of hydrogen-bond donors (Lipinski definition) is 1. The molecule has 60 valence electrons. The Bertz CT molecular complexity index is 103. The SMILES string of the molecule is C/C=C/[C@](C)(O)CCCC. The van der Waals surface area contributed by atoms with Crippen LogP contribution in [0.25, 0.3) is 0 Å². The third kappa shape index (κ3) is 4.57. The highest BCUT2D eigenvalue weighted by Gasteiger charge is 2.13. The highest BCUT2D eigenvalue weighted by molar-refractivity contribution is 4.95. The molecule has 0 aliphatic rings. The fourth-order valence-corrected chi connectivity index (χ4v) is 0.977. The first kappa shape index (κ1) is 9.70. The van der Waals surface area contributed by atoms with Crippen LogP contribution in [0.4, 0.5) is 0 Å². The average molecular weight is 142 g/mol. The fraction of sp³-hybridized carbons (Fsp3) is 0.778. The maximum atomic E-state index is 9.56.